The monoisotopic (exact) mass is 680 g/mol. The molecule has 0 atom stereocenters. The molecule has 0 saturated heterocycles. The van der Waals surface area contributed by atoms with Crippen LogP contribution in [0.1, 0.15) is 48.1 Å². The van der Waals surface area contributed by atoms with E-state index in [1.807, 2.05) is 72.8 Å². The van der Waals surface area contributed by atoms with Crippen molar-refractivity contribution in [1.29, 1.82) is 0 Å². The average Bonchev–Trinajstić information content (AvgIpc) is 4.01. The number of carbonyl (C=O) groups is 1. The Morgan fingerprint density at radius 3 is 1.60 bits per heavy atom. The molecule has 0 amide bonds. The molecule has 3 aromatic heterocycles. The van der Waals surface area contributed by atoms with Crippen molar-refractivity contribution in [2.45, 2.75) is 19.8 Å². The van der Waals surface area contributed by atoms with Crippen LogP contribution in [0, 0.1) is 0 Å². The molecule has 52 heavy (non-hydrogen) atoms. The molecule has 0 fully saturated rings. The predicted octanol–water partition coefficient (Wildman–Crippen LogP) is 10.9. The van der Waals surface area contributed by atoms with E-state index in [0.717, 1.165) is 97.2 Å². The largest absolute Gasteiger partial charge is 0.494 e. The summed E-state index contributed by atoms with van der Waals surface area (Å²) in [6, 6.07) is 36.7. The summed E-state index contributed by atoms with van der Waals surface area (Å²) in [6.45, 7) is 2.84. The molecule has 0 spiro atoms. The summed E-state index contributed by atoms with van der Waals surface area (Å²) in [5, 5.41) is 9.62. The molecular formula is C45H36N4O3. The lowest BCUT2D eigenvalue weighted by molar-refractivity contribution is -0.131. The van der Waals surface area contributed by atoms with Crippen LogP contribution in [0.15, 0.2) is 115 Å². The Hall–Kier alpha value is -6.73. The highest BCUT2D eigenvalue weighted by Gasteiger charge is 2.18. The lowest BCUT2D eigenvalue weighted by atomic mass is 10.0. The van der Waals surface area contributed by atoms with Gasteiger partial charge in [0.1, 0.15) is 5.75 Å². The second-order valence-corrected chi connectivity index (χ2v) is 12.7. The fourth-order valence-corrected chi connectivity index (χ4v) is 6.73. The van der Waals surface area contributed by atoms with Crippen LogP contribution in [0.5, 0.6) is 5.75 Å². The number of ether oxygens (including phenoxy) is 1. The number of aromatic nitrogens is 4. The minimum absolute atomic E-state index is 0.650. The van der Waals surface area contributed by atoms with Gasteiger partial charge < -0.3 is 19.8 Å². The number of H-pyrrole nitrogens is 2. The standard InChI is InChI=1S/C45H36N4O3/c1-2-3-28-52-32-16-14-31(15-17-32)45-40-25-23-38(48-40)43(29-10-6-4-7-11-29)36-21-19-34(46-36)33(18-27-42(50)51)35-20-22-37(47-35)44(30-12-8-5-9-13-30)39-24-26-41(45)49-39/h4-27,46,49H,2-3,28H2,1H3,(H,50,51)/b27-18+,34-33?,35-33?,43-36?,43-38?,44-37?,44-39?,45-40?,45-41?. The van der Waals surface area contributed by atoms with Crippen LogP contribution in [-0.4, -0.2) is 37.6 Å². The van der Waals surface area contributed by atoms with Gasteiger partial charge >= 0.3 is 5.97 Å². The zero-order valence-electron chi connectivity index (χ0n) is 28.6. The van der Waals surface area contributed by atoms with Crippen LogP contribution in [0.3, 0.4) is 0 Å². The minimum Gasteiger partial charge on any atom is -0.494 e. The quantitative estimate of drug-likeness (QED) is 0.104. The van der Waals surface area contributed by atoms with E-state index in [-0.39, 0.29) is 0 Å². The highest BCUT2D eigenvalue weighted by atomic mass is 16.5. The lowest BCUT2D eigenvalue weighted by Crippen LogP contribution is -1.96. The van der Waals surface area contributed by atoms with E-state index < -0.39 is 5.97 Å². The Kier molecular flexibility index (Phi) is 8.90. The summed E-state index contributed by atoms with van der Waals surface area (Å²) in [7, 11) is 0. The third-order valence-electron chi connectivity index (χ3n) is 9.22. The minimum atomic E-state index is -1.04. The molecule has 0 saturated carbocycles. The first kappa shape index (κ1) is 32.5. The molecule has 8 rings (SSSR count). The molecular weight excluding hydrogens is 645 g/mol. The first-order valence-corrected chi connectivity index (χ1v) is 17.5. The van der Waals surface area contributed by atoms with E-state index >= 15 is 0 Å². The van der Waals surface area contributed by atoms with E-state index in [1.165, 1.54) is 0 Å². The zero-order valence-corrected chi connectivity index (χ0v) is 28.6. The molecule has 7 nitrogen and oxygen atoms in total. The highest BCUT2D eigenvalue weighted by Crippen LogP contribution is 2.37. The van der Waals surface area contributed by atoms with Gasteiger partial charge in [-0.2, -0.15) is 0 Å². The first-order valence-electron chi connectivity index (χ1n) is 17.5. The summed E-state index contributed by atoms with van der Waals surface area (Å²) >= 11 is 0. The molecule has 2 aliphatic heterocycles. The number of unbranched alkanes of at least 4 members (excludes halogenated alkanes) is 1. The van der Waals surface area contributed by atoms with Gasteiger partial charge in [0.15, 0.2) is 0 Å². The maximum Gasteiger partial charge on any atom is 0.328 e. The Bertz CT molecular complexity index is 2500. The van der Waals surface area contributed by atoms with Crippen molar-refractivity contribution >= 4 is 58.4 Å². The van der Waals surface area contributed by atoms with Crippen molar-refractivity contribution in [3.05, 3.63) is 144 Å². The van der Waals surface area contributed by atoms with Gasteiger partial charge in [-0.15, -0.1) is 0 Å². The van der Waals surface area contributed by atoms with Crippen molar-refractivity contribution in [2.24, 2.45) is 0 Å². The number of hydrogen-bond acceptors (Lipinski definition) is 4. The van der Waals surface area contributed by atoms with Crippen LogP contribution in [0.2, 0.25) is 0 Å². The third kappa shape index (κ3) is 6.48. The van der Waals surface area contributed by atoms with E-state index in [4.69, 9.17) is 14.7 Å². The molecule has 6 aromatic rings. The van der Waals surface area contributed by atoms with Crippen LogP contribution >= 0.6 is 0 Å². The van der Waals surface area contributed by atoms with E-state index in [9.17, 15) is 9.90 Å². The van der Waals surface area contributed by atoms with Crippen molar-refractivity contribution < 1.29 is 14.6 Å². The molecule has 3 N–H and O–H groups in total. The van der Waals surface area contributed by atoms with Gasteiger partial charge in [-0.1, -0.05) is 86.1 Å². The number of aromatic amines is 2. The number of rotatable bonds is 9. The Morgan fingerprint density at radius 2 is 1.08 bits per heavy atom. The van der Waals surface area contributed by atoms with Gasteiger partial charge in [-0.3, -0.25) is 0 Å². The first-order chi connectivity index (χ1) is 25.6. The molecule has 2 aliphatic rings. The molecule has 7 heteroatoms. The number of aliphatic carboxylic acids is 1. The van der Waals surface area contributed by atoms with E-state index in [2.05, 4.69) is 77.6 Å². The van der Waals surface area contributed by atoms with E-state index in [1.54, 1.807) is 6.08 Å². The highest BCUT2D eigenvalue weighted by molar-refractivity contribution is 5.99. The van der Waals surface area contributed by atoms with Crippen LogP contribution in [-0.2, 0) is 4.79 Å². The Morgan fingerprint density at radius 1 is 0.615 bits per heavy atom. The van der Waals surface area contributed by atoms with E-state index in [0.29, 0.717) is 17.9 Å². The second-order valence-electron chi connectivity index (χ2n) is 12.7. The molecule has 0 aliphatic carbocycles. The Balaban J connectivity index is 1.49. The second kappa shape index (κ2) is 14.2. The molecule has 254 valence electrons. The van der Waals surface area contributed by atoms with Gasteiger partial charge in [0.25, 0.3) is 0 Å². The number of benzene rings is 3. The number of fused-ring (bicyclic) bond motifs is 8. The van der Waals surface area contributed by atoms with Crippen molar-refractivity contribution in [2.75, 3.05) is 6.61 Å². The maximum atomic E-state index is 11.8. The number of nitrogens with one attached hydrogen (secondary N) is 2. The molecule has 8 bridgehead atoms. The smallest absolute Gasteiger partial charge is 0.328 e. The number of carboxylic acid groups (broad SMARTS) is 1. The van der Waals surface area contributed by atoms with Gasteiger partial charge in [0.2, 0.25) is 0 Å². The number of carboxylic acids is 1. The maximum absolute atomic E-state index is 11.8. The normalized spacial score (nSPS) is 12.1. The van der Waals surface area contributed by atoms with Crippen molar-refractivity contribution in [3.63, 3.8) is 0 Å². The van der Waals surface area contributed by atoms with Crippen molar-refractivity contribution in [3.8, 4) is 39.1 Å². The summed E-state index contributed by atoms with van der Waals surface area (Å²) in [5.41, 5.74) is 12.9. The summed E-state index contributed by atoms with van der Waals surface area (Å²) in [5.74, 6) is -0.201. The molecule has 3 aromatic carbocycles. The molecule has 0 unspecified atom stereocenters. The van der Waals surface area contributed by atoms with Crippen LogP contribution in [0.4, 0.5) is 0 Å². The van der Waals surface area contributed by atoms with Crippen LogP contribution in [0.25, 0.3) is 85.8 Å². The van der Waals surface area contributed by atoms with Crippen molar-refractivity contribution in [1.82, 2.24) is 19.9 Å². The fraction of sp³-hybridized carbons (Fsp3) is 0.0889. The SMILES string of the molecule is CCCCOc1ccc(-c2c3nc(c(-c4ccccc4)c4ccc([nH]4)c(/C=C/C(=O)O)c4nc(c(-c5ccccc5)c5ccc2[nH]5)C=C4)C=C3)cc1. The summed E-state index contributed by atoms with van der Waals surface area (Å²) < 4.78 is 6.01. The molecule has 0 radical (unpaired) electrons. The number of nitrogens with zero attached hydrogens (tertiary/aromatic N) is 2. The Labute approximate surface area is 301 Å². The average molecular weight is 681 g/mol. The molecule has 5 heterocycles. The summed E-state index contributed by atoms with van der Waals surface area (Å²) in [4.78, 5) is 29.5. The van der Waals surface area contributed by atoms with Gasteiger partial charge in [0, 0.05) is 50.4 Å². The van der Waals surface area contributed by atoms with Gasteiger partial charge in [-0.25, -0.2) is 14.8 Å². The van der Waals surface area contributed by atoms with Crippen LogP contribution < -0.4 is 4.74 Å². The topological polar surface area (TPSA) is 104 Å². The predicted molar refractivity (Wildman–Crippen MR) is 212 cm³/mol. The lowest BCUT2D eigenvalue weighted by Gasteiger charge is -2.08. The van der Waals surface area contributed by atoms with Gasteiger partial charge in [0.05, 0.1) is 29.4 Å². The number of hydrogen-bond donors (Lipinski definition) is 3. The zero-order chi connectivity index (χ0) is 35.4. The third-order valence-corrected chi connectivity index (χ3v) is 9.22. The van der Waals surface area contributed by atoms with Gasteiger partial charge in [-0.05, 0) is 89.9 Å². The summed E-state index contributed by atoms with van der Waals surface area (Å²) in [6.07, 6.45) is 12.9. The fourth-order valence-electron chi connectivity index (χ4n) is 6.73.